The predicted octanol–water partition coefficient (Wildman–Crippen LogP) is 2.27. The second kappa shape index (κ2) is 6.35. The van der Waals surface area contributed by atoms with E-state index in [-0.39, 0.29) is 11.7 Å². The van der Waals surface area contributed by atoms with Gasteiger partial charge in [-0.2, -0.15) is 0 Å². The Hall–Kier alpha value is -1.42. The van der Waals surface area contributed by atoms with Crippen molar-refractivity contribution in [2.75, 3.05) is 6.54 Å². The van der Waals surface area contributed by atoms with Crippen molar-refractivity contribution in [1.29, 1.82) is 0 Å². The third kappa shape index (κ3) is 4.15. The summed E-state index contributed by atoms with van der Waals surface area (Å²) >= 11 is 0. The van der Waals surface area contributed by atoms with Gasteiger partial charge in [0.05, 0.1) is 5.92 Å². The molecule has 0 heterocycles. The Morgan fingerprint density at radius 1 is 1.41 bits per heavy atom. The summed E-state index contributed by atoms with van der Waals surface area (Å²) in [5, 5.41) is 12.0. The fraction of sp³-hybridized carbons (Fsp3) is 0.462. The minimum atomic E-state index is -0.818. The molecule has 17 heavy (non-hydrogen) atoms. The lowest BCUT2D eigenvalue weighted by Crippen LogP contribution is -2.31. The van der Waals surface area contributed by atoms with Crippen molar-refractivity contribution in [2.24, 2.45) is 11.8 Å². The average molecular weight is 239 g/mol. The predicted molar refractivity (Wildman–Crippen MR) is 64.1 cm³/mol. The first-order valence-corrected chi connectivity index (χ1v) is 5.69. The molecular formula is C13H18FNO2. The van der Waals surface area contributed by atoms with Crippen LogP contribution in [0.4, 0.5) is 4.39 Å². The van der Waals surface area contributed by atoms with Gasteiger partial charge in [-0.05, 0) is 12.0 Å². The van der Waals surface area contributed by atoms with Crippen LogP contribution in [0.2, 0.25) is 0 Å². The van der Waals surface area contributed by atoms with Gasteiger partial charge in [0, 0.05) is 18.7 Å². The van der Waals surface area contributed by atoms with Crippen LogP contribution in [0.25, 0.3) is 0 Å². The first-order chi connectivity index (χ1) is 8.02. The molecule has 4 heteroatoms. The molecule has 0 spiro atoms. The van der Waals surface area contributed by atoms with Crippen molar-refractivity contribution in [2.45, 2.75) is 20.4 Å². The summed E-state index contributed by atoms with van der Waals surface area (Å²) < 4.78 is 13.3. The van der Waals surface area contributed by atoms with Crippen LogP contribution < -0.4 is 5.32 Å². The number of rotatable bonds is 6. The van der Waals surface area contributed by atoms with E-state index in [0.717, 1.165) is 0 Å². The Kier molecular flexibility index (Phi) is 5.10. The number of carboxylic acids is 1. The zero-order valence-electron chi connectivity index (χ0n) is 10.1. The maximum atomic E-state index is 13.3. The van der Waals surface area contributed by atoms with Crippen LogP contribution in [0, 0.1) is 17.7 Å². The van der Waals surface area contributed by atoms with Crippen molar-refractivity contribution >= 4 is 5.97 Å². The van der Waals surface area contributed by atoms with Gasteiger partial charge in [-0.3, -0.25) is 4.79 Å². The lowest BCUT2D eigenvalue weighted by molar-refractivity contribution is -0.143. The van der Waals surface area contributed by atoms with Crippen LogP contribution in [0.3, 0.4) is 0 Å². The maximum absolute atomic E-state index is 13.3. The van der Waals surface area contributed by atoms with Crippen molar-refractivity contribution in [3.63, 3.8) is 0 Å². The molecule has 3 nitrogen and oxygen atoms in total. The van der Waals surface area contributed by atoms with E-state index < -0.39 is 11.9 Å². The molecule has 94 valence electrons. The zero-order valence-corrected chi connectivity index (χ0v) is 10.1. The second-order valence-electron chi connectivity index (χ2n) is 4.41. The first kappa shape index (κ1) is 13.6. The van der Waals surface area contributed by atoms with E-state index in [9.17, 15) is 9.18 Å². The highest BCUT2D eigenvalue weighted by molar-refractivity contribution is 5.70. The Labute approximate surface area is 101 Å². The number of nitrogens with one attached hydrogen (secondary N) is 1. The molecule has 1 unspecified atom stereocenters. The van der Waals surface area contributed by atoms with E-state index >= 15 is 0 Å². The molecule has 0 amide bonds. The number of benzene rings is 1. The van der Waals surface area contributed by atoms with Crippen LogP contribution in [0.5, 0.6) is 0 Å². The topological polar surface area (TPSA) is 49.3 Å². The third-order valence-electron chi connectivity index (χ3n) is 2.76. The van der Waals surface area contributed by atoms with Crippen LogP contribution in [-0.2, 0) is 11.3 Å². The molecular weight excluding hydrogens is 221 g/mol. The minimum Gasteiger partial charge on any atom is -0.481 e. The van der Waals surface area contributed by atoms with Gasteiger partial charge in [-0.1, -0.05) is 32.0 Å². The van der Waals surface area contributed by atoms with E-state index in [1.807, 2.05) is 13.8 Å². The summed E-state index contributed by atoms with van der Waals surface area (Å²) in [6.45, 7) is 4.43. The largest absolute Gasteiger partial charge is 0.481 e. The standard InChI is InChI=1S/C13H18FNO2/c1-9(2)11(13(16)17)8-15-7-10-5-3-4-6-12(10)14/h3-6,9,11,15H,7-8H2,1-2H3,(H,16,17). The minimum absolute atomic E-state index is 0.0561. The molecule has 0 bridgehead atoms. The highest BCUT2D eigenvalue weighted by atomic mass is 19.1. The molecule has 0 aliphatic heterocycles. The van der Waals surface area contributed by atoms with E-state index in [1.165, 1.54) is 6.07 Å². The molecule has 1 rings (SSSR count). The highest BCUT2D eigenvalue weighted by Crippen LogP contribution is 2.11. The molecule has 0 fully saturated rings. The third-order valence-corrected chi connectivity index (χ3v) is 2.76. The van der Waals surface area contributed by atoms with Gasteiger partial charge in [0.1, 0.15) is 5.82 Å². The maximum Gasteiger partial charge on any atom is 0.308 e. The van der Waals surface area contributed by atoms with Gasteiger partial charge in [0.15, 0.2) is 0 Å². The second-order valence-corrected chi connectivity index (χ2v) is 4.41. The summed E-state index contributed by atoms with van der Waals surface area (Å²) in [6, 6.07) is 6.48. The van der Waals surface area contributed by atoms with Gasteiger partial charge in [0.25, 0.3) is 0 Å². The Bertz CT molecular complexity index is 379. The van der Waals surface area contributed by atoms with Gasteiger partial charge >= 0.3 is 5.97 Å². The normalized spacial score (nSPS) is 12.7. The Morgan fingerprint density at radius 2 is 2.06 bits per heavy atom. The van der Waals surface area contributed by atoms with E-state index in [4.69, 9.17) is 5.11 Å². The van der Waals surface area contributed by atoms with Crippen molar-refractivity contribution in [3.05, 3.63) is 35.6 Å². The summed E-state index contributed by atoms with van der Waals surface area (Å²) in [5.41, 5.74) is 0.556. The number of hydrogen-bond acceptors (Lipinski definition) is 2. The van der Waals surface area contributed by atoms with E-state index in [0.29, 0.717) is 18.7 Å². The fourth-order valence-corrected chi connectivity index (χ4v) is 1.61. The number of aliphatic carboxylic acids is 1. The zero-order chi connectivity index (χ0) is 12.8. The lowest BCUT2D eigenvalue weighted by atomic mass is 9.96. The molecule has 1 aromatic rings. The van der Waals surface area contributed by atoms with Crippen LogP contribution >= 0.6 is 0 Å². The van der Waals surface area contributed by atoms with E-state index in [1.54, 1.807) is 18.2 Å². The summed E-state index contributed by atoms with van der Waals surface area (Å²) in [7, 11) is 0. The van der Waals surface area contributed by atoms with Gasteiger partial charge in [-0.15, -0.1) is 0 Å². The number of halogens is 1. The molecule has 2 N–H and O–H groups in total. The summed E-state index contributed by atoms with van der Waals surface area (Å²) in [5.74, 6) is -1.47. The van der Waals surface area contributed by atoms with Crippen LogP contribution in [0.1, 0.15) is 19.4 Å². The van der Waals surface area contributed by atoms with Crippen LogP contribution in [-0.4, -0.2) is 17.6 Å². The van der Waals surface area contributed by atoms with Crippen molar-refractivity contribution in [1.82, 2.24) is 5.32 Å². The number of hydrogen-bond donors (Lipinski definition) is 2. The van der Waals surface area contributed by atoms with Crippen molar-refractivity contribution < 1.29 is 14.3 Å². The average Bonchev–Trinajstić information content (AvgIpc) is 2.25. The van der Waals surface area contributed by atoms with Crippen molar-refractivity contribution in [3.8, 4) is 0 Å². The Balaban J connectivity index is 2.47. The fourth-order valence-electron chi connectivity index (χ4n) is 1.61. The molecule has 0 aliphatic carbocycles. The molecule has 1 aromatic carbocycles. The SMILES string of the molecule is CC(C)C(CNCc1ccccc1F)C(=O)O. The quantitative estimate of drug-likeness (QED) is 0.800. The smallest absolute Gasteiger partial charge is 0.308 e. The highest BCUT2D eigenvalue weighted by Gasteiger charge is 2.20. The molecule has 1 atom stereocenters. The molecule has 0 saturated heterocycles. The summed E-state index contributed by atoms with van der Waals surface area (Å²) in [4.78, 5) is 10.9. The van der Waals surface area contributed by atoms with Gasteiger partial charge in [0.2, 0.25) is 0 Å². The monoisotopic (exact) mass is 239 g/mol. The molecule has 0 radical (unpaired) electrons. The summed E-state index contributed by atoms with van der Waals surface area (Å²) in [6.07, 6.45) is 0. The molecule has 0 saturated carbocycles. The number of carbonyl (C=O) groups is 1. The lowest BCUT2D eigenvalue weighted by Gasteiger charge is -2.16. The first-order valence-electron chi connectivity index (χ1n) is 5.69. The molecule has 0 aliphatic rings. The number of carboxylic acid groups (broad SMARTS) is 1. The molecule has 0 aromatic heterocycles. The Morgan fingerprint density at radius 3 is 2.59 bits per heavy atom. The van der Waals surface area contributed by atoms with Gasteiger partial charge in [-0.25, -0.2) is 4.39 Å². The van der Waals surface area contributed by atoms with E-state index in [2.05, 4.69) is 5.32 Å². The van der Waals surface area contributed by atoms with Gasteiger partial charge < -0.3 is 10.4 Å². The van der Waals surface area contributed by atoms with Crippen LogP contribution in [0.15, 0.2) is 24.3 Å².